The van der Waals surface area contributed by atoms with E-state index >= 15 is 0 Å². The van der Waals surface area contributed by atoms with E-state index in [4.69, 9.17) is 0 Å². The van der Waals surface area contributed by atoms with Crippen LogP contribution in [0.4, 0.5) is 11.4 Å². The molecule has 22 heavy (non-hydrogen) atoms. The van der Waals surface area contributed by atoms with Crippen molar-refractivity contribution in [2.45, 2.75) is 18.7 Å². The molecule has 0 unspecified atom stereocenters. The number of hydrogen-bond donors (Lipinski definition) is 0. The molecule has 0 spiro atoms. The van der Waals surface area contributed by atoms with Crippen LogP contribution >= 0.6 is 0 Å². The summed E-state index contributed by atoms with van der Waals surface area (Å²) < 4.78 is 26.5. The molecule has 0 heterocycles. The quantitative estimate of drug-likeness (QED) is 0.640. The summed E-state index contributed by atoms with van der Waals surface area (Å²) in [5.74, 6) is 0. The van der Waals surface area contributed by atoms with Gasteiger partial charge in [-0.05, 0) is 43.2 Å². The minimum Gasteiger partial charge on any atom is -0.269 e. The van der Waals surface area contributed by atoms with E-state index in [1.807, 2.05) is 19.9 Å². The van der Waals surface area contributed by atoms with Gasteiger partial charge in [-0.15, -0.1) is 0 Å². The number of non-ortho nitro benzene ring substituents is 1. The molecule has 2 aromatic rings. The standard InChI is InChI=1S/C15H16N2O4S/c1-11-5-4-6-15(12(11)2)16(3)22(20,21)14-9-7-13(8-10-14)17(18)19/h4-10H,1-3H3. The van der Waals surface area contributed by atoms with Crippen molar-refractivity contribution in [1.29, 1.82) is 0 Å². The van der Waals surface area contributed by atoms with Crippen LogP contribution in [0.25, 0.3) is 0 Å². The zero-order chi connectivity index (χ0) is 16.5. The number of anilines is 1. The number of nitrogens with zero attached hydrogens (tertiary/aromatic N) is 2. The van der Waals surface area contributed by atoms with Crippen molar-refractivity contribution in [2.75, 3.05) is 11.4 Å². The molecule has 116 valence electrons. The molecule has 0 bridgehead atoms. The molecular formula is C15H16N2O4S. The van der Waals surface area contributed by atoms with Crippen LogP contribution < -0.4 is 4.31 Å². The van der Waals surface area contributed by atoms with Crippen molar-refractivity contribution >= 4 is 21.4 Å². The van der Waals surface area contributed by atoms with E-state index < -0.39 is 14.9 Å². The Hall–Kier alpha value is -2.41. The van der Waals surface area contributed by atoms with Gasteiger partial charge >= 0.3 is 0 Å². The summed E-state index contributed by atoms with van der Waals surface area (Å²) in [6, 6.07) is 10.3. The predicted molar refractivity (Wildman–Crippen MR) is 84.6 cm³/mol. The maximum Gasteiger partial charge on any atom is 0.269 e. The van der Waals surface area contributed by atoms with E-state index in [1.165, 1.54) is 35.6 Å². The molecule has 0 saturated heterocycles. The second-order valence-corrected chi connectivity index (χ2v) is 6.91. The Balaban J connectivity index is 2.45. The molecule has 6 nitrogen and oxygen atoms in total. The summed E-state index contributed by atoms with van der Waals surface area (Å²) in [4.78, 5) is 10.1. The zero-order valence-corrected chi connectivity index (χ0v) is 13.3. The molecule has 0 aromatic heterocycles. The molecule has 0 saturated carbocycles. The van der Waals surface area contributed by atoms with E-state index in [0.717, 1.165) is 11.1 Å². The van der Waals surface area contributed by atoms with Crippen molar-refractivity contribution in [2.24, 2.45) is 0 Å². The van der Waals surface area contributed by atoms with Gasteiger partial charge in [-0.25, -0.2) is 8.42 Å². The number of benzene rings is 2. The number of aryl methyl sites for hydroxylation is 1. The highest BCUT2D eigenvalue weighted by atomic mass is 32.2. The Bertz CT molecular complexity index is 814. The lowest BCUT2D eigenvalue weighted by atomic mass is 10.1. The summed E-state index contributed by atoms with van der Waals surface area (Å²) in [7, 11) is -2.29. The first-order valence-corrected chi connectivity index (χ1v) is 7.99. The molecule has 0 atom stereocenters. The van der Waals surface area contributed by atoms with Crippen LogP contribution in [0.2, 0.25) is 0 Å². The highest BCUT2D eigenvalue weighted by molar-refractivity contribution is 7.92. The Kier molecular flexibility index (Phi) is 4.18. The van der Waals surface area contributed by atoms with Crippen LogP contribution in [0.1, 0.15) is 11.1 Å². The lowest BCUT2D eigenvalue weighted by molar-refractivity contribution is -0.384. The first-order chi connectivity index (χ1) is 10.2. The van der Waals surface area contributed by atoms with Crippen molar-refractivity contribution < 1.29 is 13.3 Å². The lowest BCUT2D eigenvalue weighted by Gasteiger charge is -2.22. The Morgan fingerprint density at radius 3 is 2.18 bits per heavy atom. The van der Waals surface area contributed by atoms with Gasteiger partial charge in [0.25, 0.3) is 15.7 Å². The monoisotopic (exact) mass is 320 g/mol. The molecule has 0 N–H and O–H groups in total. The zero-order valence-electron chi connectivity index (χ0n) is 12.5. The van der Waals surface area contributed by atoms with E-state index in [1.54, 1.807) is 12.1 Å². The van der Waals surface area contributed by atoms with Crippen molar-refractivity contribution in [3.63, 3.8) is 0 Å². The highest BCUT2D eigenvalue weighted by Crippen LogP contribution is 2.27. The Morgan fingerprint density at radius 2 is 1.64 bits per heavy atom. The van der Waals surface area contributed by atoms with Crippen molar-refractivity contribution in [1.82, 2.24) is 0 Å². The van der Waals surface area contributed by atoms with E-state index in [0.29, 0.717) is 5.69 Å². The fraction of sp³-hybridized carbons (Fsp3) is 0.200. The molecule has 7 heteroatoms. The van der Waals surface area contributed by atoms with Crippen LogP contribution in [0, 0.1) is 24.0 Å². The van der Waals surface area contributed by atoms with Gasteiger partial charge in [-0.2, -0.15) is 0 Å². The number of rotatable bonds is 4. The number of hydrogen-bond acceptors (Lipinski definition) is 4. The number of sulfonamides is 1. The van der Waals surface area contributed by atoms with E-state index in [2.05, 4.69) is 0 Å². The van der Waals surface area contributed by atoms with Gasteiger partial charge in [0.2, 0.25) is 0 Å². The number of nitro groups is 1. The summed E-state index contributed by atoms with van der Waals surface area (Å²) >= 11 is 0. The van der Waals surface area contributed by atoms with Crippen LogP contribution in [-0.2, 0) is 10.0 Å². The largest absolute Gasteiger partial charge is 0.269 e. The normalized spacial score (nSPS) is 11.2. The molecule has 0 radical (unpaired) electrons. The first kappa shape index (κ1) is 16.0. The highest BCUT2D eigenvalue weighted by Gasteiger charge is 2.23. The van der Waals surface area contributed by atoms with Crippen molar-refractivity contribution in [3.05, 3.63) is 63.7 Å². The summed E-state index contributed by atoms with van der Waals surface area (Å²) in [6.45, 7) is 3.76. The molecule has 0 amide bonds. The second kappa shape index (κ2) is 5.76. The molecule has 2 aromatic carbocycles. The van der Waals surface area contributed by atoms with Gasteiger partial charge in [-0.3, -0.25) is 14.4 Å². The molecule has 0 aliphatic rings. The summed E-state index contributed by atoms with van der Waals surface area (Å²) in [5.41, 5.74) is 2.30. The topological polar surface area (TPSA) is 80.5 Å². The van der Waals surface area contributed by atoms with E-state index in [-0.39, 0.29) is 10.6 Å². The van der Waals surface area contributed by atoms with Gasteiger partial charge in [0.15, 0.2) is 0 Å². The third-order valence-corrected chi connectivity index (χ3v) is 5.41. The molecule has 0 aliphatic heterocycles. The number of nitro benzene ring substituents is 1. The van der Waals surface area contributed by atoms with Gasteiger partial charge in [0, 0.05) is 19.2 Å². The smallest absolute Gasteiger partial charge is 0.269 e. The van der Waals surface area contributed by atoms with Gasteiger partial charge in [-0.1, -0.05) is 12.1 Å². The average Bonchev–Trinajstić information content (AvgIpc) is 2.49. The first-order valence-electron chi connectivity index (χ1n) is 6.54. The predicted octanol–water partition coefficient (Wildman–Crippen LogP) is 3.04. The van der Waals surface area contributed by atoms with Crippen molar-refractivity contribution in [3.8, 4) is 0 Å². The molecule has 2 rings (SSSR count). The van der Waals surface area contributed by atoms with Crippen LogP contribution in [0.3, 0.4) is 0 Å². The second-order valence-electron chi connectivity index (χ2n) is 4.94. The Morgan fingerprint density at radius 1 is 1.05 bits per heavy atom. The summed E-state index contributed by atoms with van der Waals surface area (Å²) in [6.07, 6.45) is 0. The minimum atomic E-state index is -3.76. The summed E-state index contributed by atoms with van der Waals surface area (Å²) in [5, 5.41) is 10.6. The molecule has 0 aliphatic carbocycles. The Labute approximate surface area is 129 Å². The maximum atomic E-state index is 12.6. The van der Waals surface area contributed by atoms with Crippen LogP contribution in [0.15, 0.2) is 47.4 Å². The van der Waals surface area contributed by atoms with Gasteiger partial charge in [0.1, 0.15) is 0 Å². The maximum absolute atomic E-state index is 12.6. The third-order valence-electron chi connectivity index (χ3n) is 3.62. The average molecular weight is 320 g/mol. The third kappa shape index (κ3) is 2.80. The van der Waals surface area contributed by atoms with Crippen LogP contribution in [0.5, 0.6) is 0 Å². The van der Waals surface area contributed by atoms with E-state index in [9.17, 15) is 18.5 Å². The van der Waals surface area contributed by atoms with Gasteiger partial charge in [0.05, 0.1) is 15.5 Å². The lowest BCUT2D eigenvalue weighted by Crippen LogP contribution is -2.27. The molecular weight excluding hydrogens is 304 g/mol. The SMILES string of the molecule is Cc1cccc(N(C)S(=O)(=O)c2ccc([N+](=O)[O-])cc2)c1C. The minimum absolute atomic E-state index is 0.0153. The fourth-order valence-corrected chi connectivity index (χ4v) is 3.36. The van der Waals surface area contributed by atoms with Gasteiger partial charge < -0.3 is 0 Å². The molecule has 0 fully saturated rings. The fourth-order valence-electron chi connectivity index (χ4n) is 2.10. The van der Waals surface area contributed by atoms with Crippen LogP contribution in [-0.4, -0.2) is 20.4 Å².